The fourth-order valence-corrected chi connectivity index (χ4v) is 4.28. The summed E-state index contributed by atoms with van der Waals surface area (Å²) in [7, 11) is 0. The monoisotopic (exact) mass is 355 g/mol. The fraction of sp³-hybridized carbons (Fsp3) is 0.400. The zero-order chi connectivity index (χ0) is 18.3. The first-order valence-corrected chi connectivity index (χ1v) is 9.42. The second kappa shape index (κ2) is 6.73. The lowest BCUT2D eigenvalue weighted by Crippen LogP contribution is -2.26. The Hall–Kier alpha value is -1.98. The van der Waals surface area contributed by atoms with Gasteiger partial charge in [-0.15, -0.1) is 11.3 Å². The van der Waals surface area contributed by atoms with Gasteiger partial charge in [0.2, 0.25) is 0 Å². The standard InChI is InChI=1S/C20H25N3OS/c1-10-7-8-11(2)16(9-10)13(4)21-14(5)18-22-19(24)17-12(3)15(6)25-20(17)23-18/h7-9,13-14,21H,1-6H3,(H,22,23,24)/t13-,14+/m1/s1. The van der Waals surface area contributed by atoms with Crippen molar-refractivity contribution in [1.82, 2.24) is 15.3 Å². The molecule has 2 atom stereocenters. The Kier molecular flexibility index (Phi) is 4.80. The molecule has 0 radical (unpaired) electrons. The van der Waals surface area contributed by atoms with E-state index < -0.39 is 0 Å². The van der Waals surface area contributed by atoms with E-state index in [2.05, 4.69) is 49.3 Å². The van der Waals surface area contributed by atoms with Gasteiger partial charge in [-0.3, -0.25) is 4.79 Å². The molecule has 0 aliphatic heterocycles. The number of hydrogen-bond acceptors (Lipinski definition) is 4. The van der Waals surface area contributed by atoms with Crippen molar-refractivity contribution in [2.24, 2.45) is 0 Å². The summed E-state index contributed by atoms with van der Waals surface area (Å²) in [5, 5.41) is 4.29. The van der Waals surface area contributed by atoms with Gasteiger partial charge >= 0.3 is 0 Å². The average molecular weight is 356 g/mol. The molecule has 4 nitrogen and oxygen atoms in total. The van der Waals surface area contributed by atoms with Crippen LogP contribution in [-0.2, 0) is 0 Å². The first-order valence-electron chi connectivity index (χ1n) is 8.61. The third-order valence-corrected chi connectivity index (χ3v) is 5.97. The highest BCUT2D eigenvalue weighted by Gasteiger charge is 2.18. The van der Waals surface area contributed by atoms with Crippen LogP contribution in [0, 0.1) is 27.7 Å². The Labute approximate surface area is 152 Å². The van der Waals surface area contributed by atoms with Gasteiger partial charge in [-0.05, 0) is 58.2 Å². The Bertz CT molecular complexity index is 987. The maximum absolute atomic E-state index is 12.5. The summed E-state index contributed by atoms with van der Waals surface area (Å²) >= 11 is 1.59. The summed E-state index contributed by atoms with van der Waals surface area (Å²) in [5.74, 6) is 0.691. The maximum atomic E-state index is 12.5. The second-order valence-electron chi connectivity index (χ2n) is 6.88. The molecule has 132 valence electrons. The van der Waals surface area contributed by atoms with Crippen molar-refractivity contribution >= 4 is 21.6 Å². The normalized spacial score (nSPS) is 14.0. The predicted molar refractivity (Wildman–Crippen MR) is 106 cm³/mol. The molecule has 0 aliphatic carbocycles. The minimum absolute atomic E-state index is 0.0464. The zero-order valence-electron chi connectivity index (χ0n) is 15.7. The van der Waals surface area contributed by atoms with Crippen LogP contribution in [0.3, 0.4) is 0 Å². The molecule has 0 amide bonds. The zero-order valence-corrected chi connectivity index (χ0v) is 16.5. The first-order chi connectivity index (χ1) is 11.8. The summed E-state index contributed by atoms with van der Waals surface area (Å²) < 4.78 is 0. The van der Waals surface area contributed by atoms with E-state index in [9.17, 15) is 4.79 Å². The number of nitrogens with zero attached hydrogens (tertiary/aromatic N) is 1. The number of hydrogen-bond donors (Lipinski definition) is 2. The minimum Gasteiger partial charge on any atom is -0.309 e. The number of rotatable bonds is 4. The van der Waals surface area contributed by atoms with Gasteiger partial charge in [0, 0.05) is 10.9 Å². The molecule has 1 aromatic carbocycles. The first kappa shape index (κ1) is 17.8. The van der Waals surface area contributed by atoms with Crippen molar-refractivity contribution < 1.29 is 0 Å². The molecule has 2 N–H and O–H groups in total. The number of thiophene rings is 1. The molecule has 0 unspecified atom stereocenters. The Morgan fingerprint density at radius 2 is 1.84 bits per heavy atom. The second-order valence-corrected chi connectivity index (χ2v) is 8.09. The molecule has 0 saturated carbocycles. The van der Waals surface area contributed by atoms with E-state index in [0.717, 1.165) is 20.7 Å². The molecule has 0 aliphatic rings. The van der Waals surface area contributed by atoms with Crippen molar-refractivity contribution in [3.05, 3.63) is 61.5 Å². The van der Waals surface area contributed by atoms with Crippen molar-refractivity contribution in [1.29, 1.82) is 0 Å². The predicted octanol–water partition coefficient (Wildman–Crippen LogP) is 4.63. The number of H-pyrrole nitrogens is 1. The van der Waals surface area contributed by atoms with Gasteiger partial charge in [-0.25, -0.2) is 4.98 Å². The molecular formula is C20H25N3OS. The highest BCUT2D eigenvalue weighted by atomic mass is 32.1. The number of benzene rings is 1. The molecule has 0 bridgehead atoms. The number of aromatic amines is 1. The summed E-state index contributed by atoms with van der Waals surface area (Å²) in [6, 6.07) is 6.61. The van der Waals surface area contributed by atoms with Gasteiger partial charge in [0.05, 0.1) is 11.4 Å². The SMILES string of the molecule is Cc1ccc(C)c([C@@H](C)N[C@@H](C)c2nc3sc(C)c(C)c3c(=O)[nH]2)c1. The summed E-state index contributed by atoms with van der Waals surface area (Å²) in [5.41, 5.74) is 4.77. The van der Waals surface area contributed by atoms with Crippen LogP contribution in [0.2, 0.25) is 0 Å². The third-order valence-electron chi connectivity index (χ3n) is 4.87. The molecule has 5 heteroatoms. The van der Waals surface area contributed by atoms with Crippen LogP contribution < -0.4 is 10.9 Å². The lowest BCUT2D eigenvalue weighted by Gasteiger charge is -2.21. The van der Waals surface area contributed by atoms with E-state index in [0.29, 0.717) is 5.82 Å². The van der Waals surface area contributed by atoms with E-state index in [4.69, 9.17) is 4.98 Å². The molecular weight excluding hydrogens is 330 g/mol. The quantitative estimate of drug-likeness (QED) is 0.717. The Morgan fingerprint density at radius 1 is 1.12 bits per heavy atom. The minimum atomic E-state index is -0.0466. The third kappa shape index (κ3) is 3.39. The smallest absolute Gasteiger partial charge is 0.259 e. The lowest BCUT2D eigenvalue weighted by molar-refractivity contribution is 0.475. The van der Waals surface area contributed by atoms with E-state index in [1.54, 1.807) is 11.3 Å². The van der Waals surface area contributed by atoms with E-state index in [-0.39, 0.29) is 17.6 Å². The van der Waals surface area contributed by atoms with Crippen LogP contribution in [0.1, 0.15) is 58.9 Å². The van der Waals surface area contributed by atoms with E-state index in [1.807, 2.05) is 20.8 Å². The van der Waals surface area contributed by atoms with Crippen LogP contribution in [0.15, 0.2) is 23.0 Å². The van der Waals surface area contributed by atoms with Crippen molar-refractivity contribution in [2.45, 2.75) is 53.6 Å². The largest absolute Gasteiger partial charge is 0.309 e. The van der Waals surface area contributed by atoms with Crippen LogP contribution in [0.25, 0.3) is 10.2 Å². The highest BCUT2D eigenvalue weighted by Crippen LogP contribution is 2.27. The highest BCUT2D eigenvalue weighted by molar-refractivity contribution is 7.18. The topological polar surface area (TPSA) is 57.8 Å². The molecule has 25 heavy (non-hydrogen) atoms. The van der Waals surface area contributed by atoms with Gasteiger partial charge in [0.25, 0.3) is 5.56 Å². The molecule has 2 aromatic heterocycles. The van der Waals surface area contributed by atoms with Crippen LogP contribution in [0.5, 0.6) is 0 Å². The Balaban J connectivity index is 1.90. The van der Waals surface area contributed by atoms with Crippen LogP contribution in [0.4, 0.5) is 0 Å². The van der Waals surface area contributed by atoms with Gasteiger partial charge in [0.1, 0.15) is 10.7 Å². The molecule has 0 saturated heterocycles. The number of fused-ring (bicyclic) bond motifs is 1. The van der Waals surface area contributed by atoms with E-state index >= 15 is 0 Å². The summed E-state index contributed by atoms with van der Waals surface area (Å²) in [6.07, 6.45) is 0. The number of aryl methyl sites for hydroxylation is 4. The lowest BCUT2D eigenvalue weighted by atomic mass is 9.99. The van der Waals surface area contributed by atoms with Gasteiger partial charge in [-0.2, -0.15) is 0 Å². The van der Waals surface area contributed by atoms with Gasteiger partial charge < -0.3 is 10.3 Å². The van der Waals surface area contributed by atoms with Crippen LogP contribution in [-0.4, -0.2) is 9.97 Å². The average Bonchev–Trinajstić information content (AvgIpc) is 2.84. The van der Waals surface area contributed by atoms with E-state index in [1.165, 1.54) is 16.7 Å². The maximum Gasteiger partial charge on any atom is 0.259 e. The van der Waals surface area contributed by atoms with Gasteiger partial charge in [-0.1, -0.05) is 23.8 Å². The molecule has 3 aromatic rings. The molecule has 2 heterocycles. The van der Waals surface area contributed by atoms with Crippen molar-refractivity contribution in [3.8, 4) is 0 Å². The number of aromatic nitrogens is 2. The fourth-order valence-electron chi connectivity index (χ4n) is 3.25. The summed E-state index contributed by atoms with van der Waals surface area (Å²) in [4.78, 5) is 22.1. The Morgan fingerprint density at radius 3 is 2.56 bits per heavy atom. The van der Waals surface area contributed by atoms with Gasteiger partial charge in [0.15, 0.2) is 0 Å². The van der Waals surface area contributed by atoms with Crippen LogP contribution >= 0.6 is 11.3 Å². The molecule has 0 fully saturated rings. The summed E-state index contributed by atoms with van der Waals surface area (Å²) in [6.45, 7) is 12.4. The molecule has 0 spiro atoms. The number of nitrogens with one attached hydrogen (secondary N) is 2. The van der Waals surface area contributed by atoms with Crippen molar-refractivity contribution in [3.63, 3.8) is 0 Å². The van der Waals surface area contributed by atoms with Crippen molar-refractivity contribution in [2.75, 3.05) is 0 Å². The molecule has 3 rings (SSSR count).